The SMILES string of the molecule is O=C1C=CN2CCCC[C@@H]2C1. The van der Waals surface area contributed by atoms with Crippen molar-refractivity contribution < 1.29 is 4.79 Å². The summed E-state index contributed by atoms with van der Waals surface area (Å²) in [4.78, 5) is 13.3. The fourth-order valence-corrected chi connectivity index (χ4v) is 1.92. The maximum atomic E-state index is 11.0. The third kappa shape index (κ3) is 1.30. The van der Waals surface area contributed by atoms with Crippen LogP contribution in [0.25, 0.3) is 0 Å². The number of rotatable bonds is 0. The maximum absolute atomic E-state index is 11.0. The second-order valence-corrected chi connectivity index (χ2v) is 3.37. The smallest absolute Gasteiger partial charge is 0.159 e. The molecule has 0 saturated carbocycles. The third-order valence-corrected chi connectivity index (χ3v) is 2.56. The molecule has 1 fully saturated rings. The standard InChI is InChI=1S/C9H13NO/c11-9-4-6-10-5-2-1-3-8(10)7-9/h4,6,8H,1-3,5,7H2/t8-/m1/s1. The van der Waals surface area contributed by atoms with Crippen LogP contribution < -0.4 is 0 Å². The summed E-state index contributed by atoms with van der Waals surface area (Å²) in [5.41, 5.74) is 0. The van der Waals surface area contributed by atoms with E-state index in [0.717, 1.165) is 13.0 Å². The van der Waals surface area contributed by atoms with E-state index in [1.165, 1.54) is 19.3 Å². The molecule has 2 nitrogen and oxygen atoms in total. The predicted octanol–water partition coefficient (Wildman–Crippen LogP) is 1.33. The number of hydrogen-bond donors (Lipinski definition) is 0. The molecule has 2 aliphatic rings. The predicted molar refractivity (Wildman–Crippen MR) is 43.1 cm³/mol. The molecule has 2 heteroatoms. The first-order valence-corrected chi connectivity index (χ1v) is 4.33. The van der Waals surface area contributed by atoms with Gasteiger partial charge >= 0.3 is 0 Å². The molecule has 0 radical (unpaired) electrons. The molecule has 1 saturated heterocycles. The lowest BCUT2D eigenvalue weighted by atomic mass is 9.95. The van der Waals surface area contributed by atoms with Crippen molar-refractivity contribution in [3.8, 4) is 0 Å². The molecule has 0 aromatic rings. The van der Waals surface area contributed by atoms with Crippen LogP contribution >= 0.6 is 0 Å². The topological polar surface area (TPSA) is 20.3 Å². The average molecular weight is 151 g/mol. The third-order valence-electron chi connectivity index (χ3n) is 2.56. The van der Waals surface area contributed by atoms with Gasteiger partial charge in [0, 0.05) is 25.2 Å². The number of nitrogens with zero attached hydrogens (tertiary/aromatic N) is 1. The summed E-state index contributed by atoms with van der Waals surface area (Å²) in [7, 11) is 0. The van der Waals surface area contributed by atoms with Crippen molar-refractivity contribution in [1.29, 1.82) is 0 Å². The highest BCUT2D eigenvalue weighted by atomic mass is 16.1. The molecule has 0 spiro atoms. The van der Waals surface area contributed by atoms with Crippen molar-refractivity contribution in [3.63, 3.8) is 0 Å². The summed E-state index contributed by atoms with van der Waals surface area (Å²) >= 11 is 0. The zero-order chi connectivity index (χ0) is 7.68. The highest BCUT2D eigenvalue weighted by molar-refractivity contribution is 5.90. The Balaban J connectivity index is 2.10. The molecular weight excluding hydrogens is 138 g/mol. The van der Waals surface area contributed by atoms with Gasteiger partial charge in [-0.05, 0) is 25.3 Å². The molecule has 0 amide bonds. The molecule has 0 bridgehead atoms. The molecule has 11 heavy (non-hydrogen) atoms. The Hall–Kier alpha value is -0.790. The minimum Gasteiger partial charge on any atom is -0.374 e. The van der Waals surface area contributed by atoms with Crippen LogP contribution in [-0.2, 0) is 4.79 Å². The van der Waals surface area contributed by atoms with Gasteiger partial charge in [0.1, 0.15) is 0 Å². The first-order valence-electron chi connectivity index (χ1n) is 4.33. The summed E-state index contributed by atoms with van der Waals surface area (Å²) in [6.07, 6.45) is 8.21. The number of allylic oxidation sites excluding steroid dienone is 1. The highest BCUT2D eigenvalue weighted by Gasteiger charge is 2.24. The molecule has 0 N–H and O–H groups in total. The van der Waals surface area contributed by atoms with Crippen LogP contribution in [0.1, 0.15) is 25.7 Å². The molecule has 0 aliphatic carbocycles. The van der Waals surface area contributed by atoms with Crippen molar-refractivity contribution in [2.45, 2.75) is 31.7 Å². The van der Waals surface area contributed by atoms with Crippen molar-refractivity contribution in [2.75, 3.05) is 6.54 Å². The molecule has 2 rings (SSSR count). The molecule has 2 aliphatic heterocycles. The van der Waals surface area contributed by atoms with Crippen molar-refractivity contribution in [3.05, 3.63) is 12.3 Å². The zero-order valence-electron chi connectivity index (χ0n) is 6.62. The van der Waals surface area contributed by atoms with E-state index in [0.29, 0.717) is 11.8 Å². The number of fused-ring (bicyclic) bond motifs is 1. The zero-order valence-corrected chi connectivity index (χ0v) is 6.62. The number of piperidine rings is 1. The largest absolute Gasteiger partial charge is 0.374 e. The second kappa shape index (κ2) is 2.68. The Bertz CT molecular complexity index is 198. The van der Waals surface area contributed by atoms with Crippen molar-refractivity contribution in [2.24, 2.45) is 0 Å². The van der Waals surface area contributed by atoms with Crippen LogP contribution in [0.4, 0.5) is 0 Å². The van der Waals surface area contributed by atoms with Crippen molar-refractivity contribution >= 4 is 5.78 Å². The number of carbonyl (C=O) groups is 1. The van der Waals surface area contributed by atoms with E-state index in [4.69, 9.17) is 0 Å². The van der Waals surface area contributed by atoms with E-state index in [-0.39, 0.29) is 0 Å². The highest BCUT2D eigenvalue weighted by Crippen LogP contribution is 2.22. The van der Waals surface area contributed by atoms with E-state index in [9.17, 15) is 4.79 Å². The van der Waals surface area contributed by atoms with Gasteiger partial charge in [-0.25, -0.2) is 0 Å². The van der Waals surface area contributed by atoms with E-state index in [2.05, 4.69) is 4.90 Å². The summed E-state index contributed by atoms with van der Waals surface area (Å²) in [6.45, 7) is 1.15. The average Bonchev–Trinajstić information content (AvgIpc) is 2.04. The van der Waals surface area contributed by atoms with Gasteiger partial charge in [-0.2, -0.15) is 0 Å². The van der Waals surface area contributed by atoms with E-state index >= 15 is 0 Å². The number of hydrogen-bond acceptors (Lipinski definition) is 2. The fraction of sp³-hybridized carbons (Fsp3) is 0.667. The monoisotopic (exact) mass is 151 g/mol. The molecule has 1 atom stereocenters. The van der Waals surface area contributed by atoms with Gasteiger partial charge in [0.2, 0.25) is 0 Å². The molecular formula is C9H13NO. The van der Waals surface area contributed by atoms with Crippen LogP contribution in [0.15, 0.2) is 12.3 Å². The minimum absolute atomic E-state index is 0.299. The maximum Gasteiger partial charge on any atom is 0.159 e. The summed E-state index contributed by atoms with van der Waals surface area (Å²) in [6, 6.07) is 0.529. The minimum atomic E-state index is 0.299. The Morgan fingerprint density at radius 1 is 1.45 bits per heavy atom. The molecule has 0 aromatic heterocycles. The Morgan fingerprint density at radius 3 is 3.27 bits per heavy atom. The lowest BCUT2D eigenvalue weighted by molar-refractivity contribution is -0.116. The molecule has 2 heterocycles. The van der Waals surface area contributed by atoms with Crippen LogP contribution in [-0.4, -0.2) is 23.3 Å². The van der Waals surface area contributed by atoms with Crippen molar-refractivity contribution in [1.82, 2.24) is 4.90 Å². The first kappa shape index (κ1) is 6.89. The van der Waals surface area contributed by atoms with E-state index in [1.54, 1.807) is 6.08 Å². The Labute approximate surface area is 66.9 Å². The van der Waals surface area contributed by atoms with E-state index < -0.39 is 0 Å². The van der Waals surface area contributed by atoms with Gasteiger partial charge in [-0.15, -0.1) is 0 Å². The van der Waals surface area contributed by atoms with Gasteiger partial charge in [0.15, 0.2) is 5.78 Å². The summed E-state index contributed by atoms with van der Waals surface area (Å²) in [5.74, 6) is 0.299. The van der Waals surface area contributed by atoms with Crippen LogP contribution in [0.3, 0.4) is 0 Å². The molecule has 0 aromatic carbocycles. The summed E-state index contributed by atoms with van der Waals surface area (Å²) < 4.78 is 0. The van der Waals surface area contributed by atoms with Crippen LogP contribution in [0.5, 0.6) is 0 Å². The van der Waals surface area contributed by atoms with Crippen LogP contribution in [0, 0.1) is 0 Å². The molecule has 0 unspecified atom stereocenters. The molecule has 60 valence electrons. The van der Waals surface area contributed by atoms with Crippen LogP contribution in [0.2, 0.25) is 0 Å². The Kier molecular flexibility index (Phi) is 1.68. The van der Waals surface area contributed by atoms with Gasteiger partial charge in [0.25, 0.3) is 0 Å². The summed E-state index contributed by atoms with van der Waals surface area (Å²) in [5, 5.41) is 0. The second-order valence-electron chi connectivity index (χ2n) is 3.37. The Morgan fingerprint density at radius 2 is 2.36 bits per heavy atom. The van der Waals surface area contributed by atoms with Gasteiger partial charge in [-0.1, -0.05) is 0 Å². The fourth-order valence-electron chi connectivity index (χ4n) is 1.92. The lowest BCUT2D eigenvalue weighted by Gasteiger charge is -2.36. The normalized spacial score (nSPS) is 30.4. The van der Waals surface area contributed by atoms with Gasteiger partial charge in [-0.3, -0.25) is 4.79 Å². The number of carbonyl (C=O) groups excluding carboxylic acids is 1. The quantitative estimate of drug-likeness (QED) is 0.520. The first-order chi connectivity index (χ1) is 5.36. The lowest BCUT2D eigenvalue weighted by Crippen LogP contribution is -2.39. The van der Waals surface area contributed by atoms with Gasteiger partial charge < -0.3 is 4.90 Å². The van der Waals surface area contributed by atoms with E-state index in [1.807, 2.05) is 6.20 Å². The van der Waals surface area contributed by atoms with Gasteiger partial charge in [0.05, 0.1) is 0 Å². The number of ketones is 1.